The van der Waals surface area contributed by atoms with Gasteiger partial charge in [-0.2, -0.15) is 0 Å². The number of benzene rings is 1. The quantitative estimate of drug-likeness (QED) is 0.664. The molecule has 0 heterocycles. The van der Waals surface area contributed by atoms with Crippen LogP contribution in [0.1, 0.15) is 26.2 Å². The lowest BCUT2D eigenvalue weighted by molar-refractivity contribution is -0.682. The van der Waals surface area contributed by atoms with E-state index < -0.39 is 12.0 Å². The maximum Gasteiger partial charge on any atom is 0.230 e. The van der Waals surface area contributed by atoms with Gasteiger partial charge in [0.15, 0.2) is 0 Å². The van der Waals surface area contributed by atoms with E-state index in [2.05, 4.69) is 21.2 Å². The Labute approximate surface area is 126 Å². The van der Waals surface area contributed by atoms with E-state index >= 15 is 0 Å². The Hall–Kier alpha value is -1.40. The molecule has 3 N–H and O–H groups in total. The molecule has 1 rings (SSSR count). The highest BCUT2D eigenvalue weighted by molar-refractivity contribution is 9.10. The maximum atomic E-state index is 11.9. The molecule has 0 aliphatic rings. The smallest absolute Gasteiger partial charge is 0.230 e. The van der Waals surface area contributed by atoms with Gasteiger partial charge in [0.25, 0.3) is 0 Å². The van der Waals surface area contributed by atoms with Crippen molar-refractivity contribution in [3.63, 3.8) is 0 Å². The first kappa shape index (κ1) is 16.7. The first-order valence-electron chi connectivity index (χ1n) is 6.63. The van der Waals surface area contributed by atoms with Crippen LogP contribution in [0.15, 0.2) is 28.7 Å². The molecule has 0 unspecified atom stereocenters. The van der Waals surface area contributed by atoms with E-state index in [9.17, 15) is 14.7 Å². The van der Waals surface area contributed by atoms with Gasteiger partial charge in [0.05, 0.1) is 24.6 Å². The number of quaternary nitrogens is 1. The lowest BCUT2D eigenvalue weighted by Gasteiger charge is -2.16. The van der Waals surface area contributed by atoms with Crippen LogP contribution in [-0.2, 0) is 9.59 Å². The molecule has 0 radical (unpaired) electrons. The number of carbonyl (C=O) groups excluding carboxylic acids is 2. The summed E-state index contributed by atoms with van der Waals surface area (Å²) in [7, 11) is 0. The van der Waals surface area contributed by atoms with E-state index in [0.29, 0.717) is 12.2 Å². The van der Waals surface area contributed by atoms with Crippen LogP contribution in [0.4, 0.5) is 5.69 Å². The van der Waals surface area contributed by atoms with Gasteiger partial charge in [-0.3, -0.25) is 4.79 Å². The second-order valence-corrected chi connectivity index (χ2v) is 5.39. The number of aliphatic carboxylic acids is 1. The van der Waals surface area contributed by atoms with Crippen molar-refractivity contribution in [2.24, 2.45) is 0 Å². The van der Waals surface area contributed by atoms with Crippen molar-refractivity contribution < 1.29 is 20.0 Å². The second-order valence-electron chi connectivity index (χ2n) is 4.54. The summed E-state index contributed by atoms with van der Waals surface area (Å²) < 4.78 is 0.758. The van der Waals surface area contributed by atoms with Crippen LogP contribution in [0.3, 0.4) is 0 Å². The molecule has 0 aromatic heterocycles. The fraction of sp³-hybridized carbons (Fsp3) is 0.429. The molecule has 1 aromatic carbocycles. The third-order valence-corrected chi connectivity index (χ3v) is 3.56. The predicted molar refractivity (Wildman–Crippen MR) is 77.9 cm³/mol. The minimum atomic E-state index is -1.21. The third-order valence-electron chi connectivity index (χ3n) is 2.86. The SMILES string of the molecule is CCCC[NH2+][C@H](CC(=O)Nc1ccccc1Br)C(=O)[O-]. The summed E-state index contributed by atoms with van der Waals surface area (Å²) in [5, 5.41) is 15.4. The molecule has 0 aliphatic heterocycles. The van der Waals surface area contributed by atoms with Gasteiger partial charge in [0, 0.05) is 4.47 Å². The van der Waals surface area contributed by atoms with Crippen LogP contribution in [-0.4, -0.2) is 24.5 Å². The van der Waals surface area contributed by atoms with Gasteiger partial charge in [-0.15, -0.1) is 0 Å². The molecule has 0 saturated carbocycles. The number of carboxylic acid groups (broad SMARTS) is 1. The Morgan fingerprint density at radius 2 is 2.10 bits per heavy atom. The van der Waals surface area contributed by atoms with Gasteiger partial charge < -0.3 is 20.5 Å². The summed E-state index contributed by atoms with van der Waals surface area (Å²) in [6, 6.07) is 6.34. The summed E-state index contributed by atoms with van der Waals surface area (Å²) in [4.78, 5) is 22.9. The number of rotatable bonds is 8. The van der Waals surface area contributed by atoms with Gasteiger partial charge >= 0.3 is 0 Å². The average Bonchev–Trinajstić information content (AvgIpc) is 2.40. The van der Waals surface area contributed by atoms with Crippen LogP contribution in [0.2, 0.25) is 0 Å². The van der Waals surface area contributed by atoms with Gasteiger partial charge in [-0.25, -0.2) is 0 Å². The number of carbonyl (C=O) groups is 2. The maximum absolute atomic E-state index is 11.9. The lowest BCUT2D eigenvalue weighted by Crippen LogP contribution is -2.93. The molecule has 110 valence electrons. The van der Waals surface area contributed by atoms with Gasteiger partial charge in [-0.05, 0) is 34.5 Å². The fourth-order valence-electron chi connectivity index (χ4n) is 1.75. The number of hydrogen-bond acceptors (Lipinski definition) is 3. The van der Waals surface area contributed by atoms with E-state index in [1.807, 2.05) is 13.0 Å². The van der Waals surface area contributed by atoms with Crippen molar-refractivity contribution in [3.8, 4) is 0 Å². The first-order chi connectivity index (χ1) is 9.54. The second kappa shape index (κ2) is 8.71. The normalized spacial score (nSPS) is 11.9. The van der Waals surface area contributed by atoms with Crippen molar-refractivity contribution in [2.75, 3.05) is 11.9 Å². The predicted octanol–water partition coefficient (Wildman–Crippen LogP) is 0.260. The first-order valence-corrected chi connectivity index (χ1v) is 7.42. The van der Waals surface area contributed by atoms with Gasteiger partial charge in [0.2, 0.25) is 5.91 Å². The van der Waals surface area contributed by atoms with E-state index in [-0.39, 0.29) is 12.3 Å². The lowest BCUT2D eigenvalue weighted by atomic mass is 10.2. The largest absolute Gasteiger partial charge is 0.544 e. The van der Waals surface area contributed by atoms with Crippen LogP contribution >= 0.6 is 15.9 Å². The Morgan fingerprint density at radius 1 is 1.40 bits per heavy atom. The molecule has 6 heteroatoms. The van der Waals surface area contributed by atoms with Crippen molar-refractivity contribution in [3.05, 3.63) is 28.7 Å². The Balaban J connectivity index is 2.54. The zero-order valence-corrected chi connectivity index (χ0v) is 13.0. The number of hydrogen-bond donors (Lipinski definition) is 2. The molecular weight excluding hydrogens is 324 g/mol. The molecule has 20 heavy (non-hydrogen) atoms. The standard InChI is InChI=1S/C14H19BrN2O3/c1-2-3-8-16-12(14(19)20)9-13(18)17-11-7-5-4-6-10(11)15/h4-7,12,16H,2-3,8-9H2,1H3,(H,17,18)(H,19,20)/t12-/m1/s1. The van der Waals surface area contributed by atoms with Crippen molar-refractivity contribution in [1.82, 2.24) is 0 Å². The molecule has 0 bridgehead atoms. The highest BCUT2D eigenvalue weighted by Crippen LogP contribution is 2.21. The number of anilines is 1. The number of nitrogens with one attached hydrogen (secondary N) is 1. The van der Waals surface area contributed by atoms with E-state index in [4.69, 9.17) is 0 Å². The summed E-state index contributed by atoms with van der Waals surface area (Å²) >= 11 is 3.32. The molecular formula is C14H19BrN2O3. The summed E-state index contributed by atoms with van der Waals surface area (Å²) in [6.45, 7) is 2.71. The summed E-state index contributed by atoms with van der Waals surface area (Å²) in [6.07, 6.45) is 1.79. The minimum Gasteiger partial charge on any atom is -0.544 e. The number of halogens is 1. The van der Waals surface area contributed by atoms with Crippen molar-refractivity contribution in [1.29, 1.82) is 0 Å². The van der Waals surface area contributed by atoms with Crippen LogP contribution < -0.4 is 15.7 Å². The average molecular weight is 343 g/mol. The molecule has 1 aromatic rings. The van der Waals surface area contributed by atoms with Crippen LogP contribution in [0.5, 0.6) is 0 Å². The topological polar surface area (TPSA) is 85.8 Å². The number of amides is 1. The fourth-order valence-corrected chi connectivity index (χ4v) is 2.13. The minimum absolute atomic E-state index is 0.104. The Kier molecular flexibility index (Phi) is 7.25. The molecule has 1 amide bonds. The van der Waals surface area contributed by atoms with E-state index in [1.165, 1.54) is 0 Å². The highest BCUT2D eigenvalue weighted by atomic mass is 79.9. The molecule has 0 saturated heterocycles. The summed E-state index contributed by atoms with van der Waals surface area (Å²) in [5.74, 6) is -1.54. The van der Waals surface area contributed by atoms with E-state index in [0.717, 1.165) is 17.3 Å². The monoisotopic (exact) mass is 342 g/mol. The zero-order valence-electron chi connectivity index (χ0n) is 11.4. The van der Waals surface area contributed by atoms with Crippen LogP contribution in [0, 0.1) is 0 Å². The van der Waals surface area contributed by atoms with Crippen LogP contribution in [0.25, 0.3) is 0 Å². The zero-order chi connectivity index (χ0) is 15.0. The Morgan fingerprint density at radius 3 is 2.70 bits per heavy atom. The van der Waals surface area contributed by atoms with Crippen molar-refractivity contribution in [2.45, 2.75) is 32.2 Å². The molecule has 1 atom stereocenters. The molecule has 0 fully saturated rings. The number of para-hydroxylation sites is 1. The molecule has 0 aliphatic carbocycles. The third kappa shape index (κ3) is 5.71. The Bertz CT molecular complexity index is 465. The summed E-state index contributed by atoms with van der Waals surface area (Å²) in [5.41, 5.74) is 0.628. The number of carboxylic acids is 1. The number of unbranched alkanes of at least 4 members (excludes halogenated alkanes) is 1. The molecule has 5 nitrogen and oxygen atoms in total. The highest BCUT2D eigenvalue weighted by Gasteiger charge is 2.18. The number of nitrogens with two attached hydrogens (primary N) is 1. The van der Waals surface area contributed by atoms with Gasteiger partial charge in [-0.1, -0.05) is 25.5 Å². The van der Waals surface area contributed by atoms with Crippen molar-refractivity contribution >= 4 is 33.5 Å². The van der Waals surface area contributed by atoms with Gasteiger partial charge in [0.1, 0.15) is 6.04 Å². The van der Waals surface area contributed by atoms with E-state index in [1.54, 1.807) is 23.5 Å². The molecule has 0 spiro atoms.